The Kier molecular flexibility index (Phi) is 3.58. The van der Waals surface area contributed by atoms with Gasteiger partial charge in [-0.2, -0.15) is 0 Å². The molecule has 1 atom stereocenters. The summed E-state index contributed by atoms with van der Waals surface area (Å²) < 4.78 is 2.97. The second kappa shape index (κ2) is 5.24. The van der Waals surface area contributed by atoms with Crippen LogP contribution in [0.5, 0.6) is 0 Å². The second-order valence-electron chi connectivity index (χ2n) is 5.45. The molecule has 3 rings (SSSR count). The highest BCUT2D eigenvalue weighted by molar-refractivity contribution is 9.10. The van der Waals surface area contributed by atoms with Gasteiger partial charge in [-0.1, -0.05) is 0 Å². The minimum Gasteiger partial charge on any atom is -0.357 e. The molecule has 0 radical (unpaired) electrons. The first-order valence-corrected chi connectivity index (χ1v) is 7.81. The third kappa shape index (κ3) is 2.37. The molecule has 0 spiro atoms. The van der Waals surface area contributed by atoms with E-state index < -0.39 is 0 Å². The van der Waals surface area contributed by atoms with Gasteiger partial charge in [0.15, 0.2) is 0 Å². The van der Waals surface area contributed by atoms with E-state index in [4.69, 9.17) is 0 Å². The van der Waals surface area contributed by atoms with E-state index in [-0.39, 0.29) is 17.9 Å². The zero-order valence-corrected chi connectivity index (χ0v) is 13.0. The van der Waals surface area contributed by atoms with E-state index in [0.29, 0.717) is 18.3 Å². The molecule has 1 aromatic heterocycles. The largest absolute Gasteiger partial charge is 0.357 e. The monoisotopic (exact) mass is 339 g/mol. The van der Waals surface area contributed by atoms with Crippen molar-refractivity contribution in [1.29, 1.82) is 0 Å². The van der Waals surface area contributed by atoms with Crippen LogP contribution < -0.4 is 5.32 Å². The van der Waals surface area contributed by atoms with Gasteiger partial charge in [0.05, 0.1) is 0 Å². The molecule has 0 bridgehead atoms. The van der Waals surface area contributed by atoms with E-state index >= 15 is 0 Å². The molecular weight excluding hydrogens is 322 g/mol. The first kappa shape index (κ1) is 13.7. The van der Waals surface area contributed by atoms with Gasteiger partial charge < -0.3 is 14.8 Å². The standard InChI is InChI=1S/C14H18BrN3O2/c1-16-13(19)11-3-2-6-17(11)14(20)12-7-9(15)8-18(12)10-4-5-10/h7-8,10-11H,2-6H2,1H3,(H,16,19). The fraction of sp³-hybridized carbons (Fsp3) is 0.571. The predicted octanol–water partition coefficient (Wildman–Crippen LogP) is 1.94. The van der Waals surface area contributed by atoms with Crippen molar-refractivity contribution in [3.63, 3.8) is 0 Å². The Bertz CT molecular complexity index is 551. The minimum atomic E-state index is -0.325. The number of carbonyl (C=O) groups excluding carboxylic acids is 2. The van der Waals surface area contributed by atoms with Crippen LogP contribution in [-0.4, -0.2) is 40.9 Å². The number of amides is 2. The van der Waals surface area contributed by atoms with E-state index in [2.05, 4.69) is 21.2 Å². The summed E-state index contributed by atoms with van der Waals surface area (Å²) >= 11 is 3.44. The number of rotatable bonds is 3. The Morgan fingerprint density at radius 3 is 2.75 bits per heavy atom. The Morgan fingerprint density at radius 1 is 1.35 bits per heavy atom. The normalized spacial score (nSPS) is 22.1. The van der Waals surface area contributed by atoms with Crippen LogP contribution in [0.4, 0.5) is 0 Å². The van der Waals surface area contributed by atoms with Crippen molar-refractivity contribution in [3.05, 3.63) is 22.4 Å². The summed E-state index contributed by atoms with van der Waals surface area (Å²) in [6, 6.07) is 1.98. The summed E-state index contributed by atoms with van der Waals surface area (Å²) in [4.78, 5) is 26.3. The molecule has 2 aliphatic rings. The number of nitrogens with zero attached hydrogens (tertiary/aromatic N) is 2. The lowest BCUT2D eigenvalue weighted by Crippen LogP contribution is -2.45. The van der Waals surface area contributed by atoms with Gasteiger partial charge in [0, 0.05) is 30.3 Å². The Morgan fingerprint density at radius 2 is 2.10 bits per heavy atom. The lowest BCUT2D eigenvalue weighted by atomic mass is 10.2. The van der Waals surface area contributed by atoms with Gasteiger partial charge >= 0.3 is 0 Å². The first-order valence-electron chi connectivity index (χ1n) is 7.01. The van der Waals surface area contributed by atoms with E-state index in [9.17, 15) is 9.59 Å². The number of likely N-dealkylation sites (tertiary alicyclic amines) is 1. The third-order valence-corrected chi connectivity index (χ3v) is 4.47. The number of likely N-dealkylation sites (N-methyl/N-ethyl adjacent to an activating group) is 1. The van der Waals surface area contributed by atoms with Crippen LogP contribution >= 0.6 is 15.9 Å². The summed E-state index contributed by atoms with van der Waals surface area (Å²) in [5.74, 6) is -0.104. The molecule has 1 saturated carbocycles. The van der Waals surface area contributed by atoms with Crippen LogP contribution in [0.25, 0.3) is 0 Å². The van der Waals surface area contributed by atoms with Gasteiger partial charge in [0.1, 0.15) is 11.7 Å². The fourth-order valence-corrected chi connectivity index (χ4v) is 3.31. The second-order valence-corrected chi connectivity index (χ2v) is 6.37. The zero-order valence-electron chi connectivity index (χ0n) is 11.4. The summed E-state index contributed by atoms with van der Waals surface area (Å²) in [6.45, 7) is 0.657. The molecule has 1 saturated heterocycles. The number of carbonyl (C=O) groups is 2. The van der Waals surface area contributed by atoms with Crippen molar-refractivity contribution in [2.45, 2.75) is 37.8 Å². The van der Waals surface area contributed by atoms with Gasteiger partial charge in [0.25, 0.3) is 5.91 Å². The maximum absolute atomic E-state index is 12.7. The summed E-state index contributed by atoms with van der Waals surface area (Å²) in [5, 5.41) is 2.65. The number of hydrogen-bond acceptors (Lipinski definition) is 2. The Labute approximate surface area is 126 Å². The summed E-state index contributed by atoms with van der Waals surface area (Å²) in [7, 11) is 1.62. The van der Waals surface area contributed by atoms with Crippen LogP contribution in [0.3, 0.4) is 0 Å². The molecule has 5 nitrogen and oxygen atoms in total. The van der Waals surface area contributed by atoms with Crippen LogP contribution in [0, 0.1) is 0 Å². The van der Waals surface area contributed by atoms with Crippen LogP contribution in [0.15, 0.2) is 16.7 Å². The van der Waals surface area contributed by atoms with E-state index in [1.807, 2.05) is 16.8 Å². The number of aromatic nitrogens is 1. The Hall–Kier alpha value is -1.30. The molecular formula is C14H18BrN3O2. The van der Waals surface area contributed by atoms with Crippen molar-refractivity contribution in [2.24, 2.45) is 0 Å². The average molecular weight is 340 g/mol. The molecule has 20 heavy (non-hydrogen) atoms. The number of hydrogen-bond donors (Lipinski definition) is 1. The van der Waals surface area contributed by atoms with Crippen LogP contribution in [0.1, 0.15) is 42.2 Å². The highest BCUT2D eigenvalue weighted by atomic mass is 79.9. The molecule has 0 aromatic carbocycles. The predicted molar refractivity (Wildman–Crippen MR) is 78.5 cm³/mol. The summed E-state index contributed by atoms with van der Waals surface area (Å²) in [6.07, 6.45) is 5.85. The highest BCUT2D eigenvalue weighted by Gasteiger charge is 2.36. The topological polar surface area (TPSA) is 54.3 Å². The molecule has 1 unspecified atom stereocenters. The quantitative estimate of drug-likeness (QED) is 0.914. The number of halogens is 1. The van der Waals surface area contributed by atoms with Crippen molar-refractivity contribution < 1.29 is 9.59 Å². The molecule has 2 amide bonds. The molecule has 1 aliphatic heterocycles. The van der Waals surface area contributed by atoms with Crippen LogP contribution in [0.2, 0.25) is 0 Å². The van der Waals surface area contributed by atoms with Crippen molar-refractivity contribution in [1.82, 2.24) is 14.8 Å². The Balaban J connectivity index is 1.86. The zero-order chi connectivity index (χ0) is 14.3. The van der Waals surface area contributed by atoms with Gasteiger partial charge in [-0.25, -0.2) is 0 Å². The molecule has 1 aromatic rings. The van der Waals surface area contributed by atoms with Crippen molar-refractivity contribution >= 4 is 27.7 Å². The van der Waals surface area contributed by atoms with Gasteiger partial charge in [-0.15, -0.1) is 0 Å². The lowest BCUT2D eigenvalue weighted by molar-refractivity contribution is -0.124. The summed E-state index contributed by atoms with van der Waals surface area (Å²) in [5.41, 5.74) is 0.690. The SMILES string of the molecule is CNC(=O)C1CCCN1C(=O)c1cc(Br)cn1C1CC1. The third-order valence-electron chi connectivity index (χ3n) is 4.04. The van der Waals surface area contributed by atoms with Crippen molar-refractivity contribution in [2.75, 3.05) is 13.6 Å². The molecule has 1 N–H and O–H groups in total. The molecule has 2 fully saturated rings. The average Bonchev–Trinajstić information content (AvgIpc) is 3.03. The van der Waals surface area contributed by atoms with Gasteiger partial charge in [-0.05, 0) is 47.7 Å². The number of nitrogens with one attached hydrogen (secondary N) is 1. The van der Waals surface area contributed by atoms with Gasteiger partial charge in [-0.3, -0.25) is 9.59 Å². The maximum Gasteiger partial charge on any atom is 0.271 e. The molecule has 2 heterocycles. The maximum atomic E-state index is 12.7. The molecule has 1 aliphatic carbocycles. The molecule has 108 valence electrons. The first-order chi connectivity index (χ1) is 9.61. The van der Waals surface area contributed by atoms with Crippen LogP contribution in [-0.2, 0) is 4.79 Å². The lowest BCUT2D eigenvalue weighted by Gasteiger charge is -2.24. The van der Waals surface area contributed by atoms with E-state index in [1.54, 1.807) is 11.9 Å². The molecule has 6 heteroatoms. The van der Waals surface area contributed by atoms with Gasteiger partial charge in [0.2, 0.25) is 5.91 Å². The van der Waals surface area contributed by atoms with E-state index in [0.717, 1.165) is 30.2 Å². The van der Waals surface area contributed by atoms with Crippen molar-refractivity contribution in [3.8, 4) is 0 Å². The highest BCUT2D eigenvalue weighted by Crippen LogP contribution is 2.38. The smallest absolute Gasteiger partial charge is 0.271 e. The van der Waals surface area contributed by atoms with E-state index in [1.165, 1.54) is 0 Å². The fourth-order valence-electron chi connectivity index (χ4n) is 2.87. The minimum absolute atomic E-state index is 0.0336.